The lowest BCUT2D eigenvalue weighted by molar-refractivity contribution is -0.115. The Morgan fingerprint density at radius 1 is 1.00 bits per heavy atom. The average Bonchev–Trinajstić information content (AvgIpc) is 3.31. The van der Waals surface area contributed by atoms with Crippen LogP contribution in [0.2, 0.25) is 0 Å². The normalized spacial score (nSPS) is 11.3. The molecule has 0 saturated heterocycles. The van der Waals surface area contributed by atoms with Gasteiger partial charge in [-0.2, -0.15) is 4.98 Å². The summed E-state index contributed by atoms with van der Waals surface area (Å²) < 4.78 is 13.2. The van der Waals surface area contributed by atoms with Crippen LogP contribution in [0.3, 0.4) is 0 Å². The number of anilines is 1. The van der Waals surface area contributed by atoms with Gasteiger partial charge in [-0.15, -0.1) is 0 Å². The van der Waals surface area contributed by atoms with E-state index in [0.717, 1.165) is 16.5 Å². The second-order valence-electron chi connectivity index (χ2n) is 8.65. The highest BCUT2D eigenvalue weighted by molar-refractivity contribution is 6.07. The van der Waals surface area contributed by atoms with Crippen molar-refractivity contribution >= 4 is 33.7 Å². The first-order valence-electron chi connectivity index (χ1n) is 12.2. The summed E-state index contributed by atoms with van der Waals surface area (Å²) in [5.41, 5.74) is 5.43. The highest BCUT2D eigenvalue weighted by Gasteiger charge is 2.20. The molecule has 0 aliphatic heterocycles. The standard InChI is InChI=1S/C29H28N4O4/c1-3-30-18-25(34)31-22-12-9-20(10-13-22)26-28-27(33(15-16-36-2)29(35)32-26)23-14-11-21(17-24(23)37-28)19-7-5-4-6-8-19/h4-14,17,30H,3,15-16,18H2,1-2H3,(H,31,34). The largest absolute Gasteiger partial charge is 0.452 e. The van der Waals surface area contributed by atoms with Crippen LogP contribution in [0.25, 0.3) is 44.5 Å². The molecule has 0 aliphatic rings. The van der Waals surface area contributed by atoms with Crippen molar-refractivity contribution < 1.29 is 13.9 Å². The SMILES string of the molecule is CCNCC(=O)Nc1ccc(-c2nc(=O)n(CCOC)c3c2oc2cc(-c4ccccc4)ccc23)cc1. The van der Waals surface area contributed by atoms with Crippen molar-refractivity contribution in [3.05, 3.63) is 83.3 Å². The Labute approximate surface area is 213 Å². The maximum atomic E-state index is 13.2. The molecule has 0 bridgehead atoms. The fourth-order valence-electron chi connectivity index (χ4n) is 4.36. The number of hydrogen-bond donors (Lipinski definition) is 2. The molecule has 2 heterocycles. The number of furan rings is 1. The molecule has 2 aromatic heterocycles. The Morgan fingerprint density at radius 2 is 1.76 bits per heavy atom. The number of aromatic nitrogens is 2. The van der Waals surface area contributed by atoms with E-state index in [0.29, 0.717) is 53.3 Å². The highest BCUT2D eigenvalue weighted by atomic mass is 16.5. The molecular formula is C29H28N4O4. The molecule has 0 aliphatic carbocycles. The van der Waals surface area contributed by atoms with E-state index in [-0.39, 0.29) is 18.1 Å². The molecule has 5 rings (SSSR count). The Kier molecular flexibility index (Phi) is 7.11. The predicted molar refractivity (Wildman–Crippen MR) is 146 cm³/mol. The maximum absolute atomic E-state index is 13.2. The van der Waals surface area contributed by atoms with Crippen LogP contribution in [0.15, 0.2) is 82.0 Å². The Hall–Kier alpha value is -4.27. The number of carbonyl (C=O) groups is 1. The fraction of sp³-hybridized carbons (Fsp3) is 0.207. The van der Waals surface area contributed by atoms with Crippen molar-refractivity contribution in [2.45, 2.75) is 13.5 Å². The van der Waals surface area contributed by atoms with Crippen molar-refractivity contribution in [2.75, 3.05) is 32.1 Å². The number of ether oxygens (including phenoxy) is 1. The maximum Gasteiger partial charge on any atom is 0.348 e. The van der Waals surface area contributed by atoms with Gasteiger partial charge < -0.3 is 19.8 Å². The number of carbonyl (C=O) groups excluding carboxylic acids is 1. The molecule has 8 nitrogen and oxygen atoms in total. The van der Waals surface area contributed by atoms with Crippen molar-refractivity contribution in [1.82, 2.24) is 14.9 Å². The average molecular weight is 497 g/mol. The Balaban J connectivity index is 1.61. The van der Waals surface area contributed by atoms with Crippen molar-refractivity contribution in [3.63, 3.8) is 0 Å². The Bertz CT molecular complexity index is 1610. The zero-order valence-electron chi connectivity index (χ0n) is 20.8. The summed E-state index contributed by atoms with van der Waals surface area (Å²) in [7, 11) is 1.60. The molecule has 0 saturated carbocycles. The van der Waals surface area contributed by atoms with Gasteiger partial charge in [0, 0.05) is 23.7 Å². The summed E-state index contributed by atoms with van der Waals surface area (Å²) in [6.07, 6.45) is 0. The molecule has 0 radical (unpaired) electrons. The molecule has 0 spiro atoms. The van der Waals surface area contributed by atoms with Gasteiger partial charge in [0.15, 0.2) is 5.58 Å². The minimum atomic E-state index is -0.377. The predicted octanol–water partition coefficient (Wildman–Crippen LogP) is 4.67. The lowest BCUT2D eigenvalue weighted by atomic mass is 10.0. The molecule has 1 amide bonds. The van der Waals surface area contributed by atoms with Crippen LogP contribution < -0.4 is 16.3 Å². The summed E-state index contributed by atoms with van der Waals surface area (Å²) in [5.74, 6) is -0.123. The van der Waals surface area contributed by atoms with Crippen LogP contribution in [0.5, 0.6) is 0 Å². The third-order valence-electron chi connectivity index (χ3n) is 6.19. The van der Waals surface area contributed by atoms with E-state index in [9.17, 15) is 9.59 Å². The third-order valence-corrected chi connectivity index (χ3v) is 6.19. The van der Waals surface area contributed by atoms with Crippen LogP contribution in [-0.2, 0) is 16.1 Å². The molecule has 2 N–H and O–H groups in total. The van der Waals surface area contributed by atoms with Gasteiger partial charge in [-0.25, -0.2) is 4.79 Å². The van der Waals surface area contributed by atoms with E-state index in [1.165, 1.54) is 0 Å². The van der Waals surface area contributed by atoms with Crippen molar-refractivity contribution in [1.29, 1.82) is 0 Å². The molecule has 0 fully saturated rings. The quantitative estimate of drug-likeness (QED) is 0.308. The minimum Gasteiger partial charge on any atom is -0.452 e. The number of rotatable bonds is 9. The van der Waals surface area contributed by atoms with Crippen LogP contribution in [0.4, 0.5) is 5.69 Å². The first-order chi connectivity index (χ1) is 18.1. The molecule has 188 valence electrons. The van der Waals surface area contributed by atoms with E-state index in [1.807, 2.05) is 67.6 Å². The lowest BCUT2D eigenvalue weighted by Crippen LogP contribution is -2.27. The van der Waals surface area contributed by atoms with Crippen molar-refractivity contribution in [2.24, 2.45) is 0 Å². The van der Waals surface area contributed by atoms with Gasteiger partial charge in [0.05, 0.1) is 19.7 Å². The Morgan fingerprint density at radius 3 is 2.49 bits per heavy atom. The zero-order valence-corrected chi connectivity index (χ0v) is 20.8. The van der Waals surface area contributed by atoms with Crippen molar-refractivity contribution in [3.8, 4) is 22.4 Å². The van der Waals surface area contributed by atoms with Gasteiger partial charge in [0.2, 0.25) is 5.91 Å². The van der Waals surface area contributed by atoms with E-state index in [1.54, 1.807) is 23.8 Å². The van der Waals surface area contributed by atoms with Gasteiger partial charge in [0.25, 0.3) is 0 Å². The lowest BCUT2D eigenvalue weighted by Gasteiger charge is -2.10. The first kappa shape index (κ1) is 24.4. The molecule has 0 atom stereocenters. The number of amides is 1. The highest BCUT2D eigenvalue weighted by Crippen LogP contribution is 2.36. The molecule has 3 aromatic carbocycles. The van der Waals surface area contributed by atoms with E-state index in [4.69, 9.17) is 9.15 Å². The third kappa shape index (κ3) is 5.02. The monoisotopic (exact) mass is 496 g/mol. The number of fused-ring (bicyclic) bond motifs is 3. The van der Waals surface area contributed by atoms with E-state index < -0.39 is 0 Å². The number of hydrogen-bond acceptors (Lipinski definition) is 6. The molecule has 5 aromatic rings. The number of likely N-dealkylation sites (N-methyl/N-ethyl adjacent to an activating group) is 1. The van der Waals surface area contributed by atoms with E-state index >= 15 is 0 Å². The number of benzene rings is 3. The number of methoxy groups -OCH3 is 1. The summed E-state index contributed by atoms with van der Waals surface area (Å²) >= 11 is 0. The van der Waals surface area contributed by atoms with Gasteiger partial charge in [0.1, 0.15) is 16.8 Å². The summed E-state index contributed by atoms with van der Waals surface area (Å²) in [6.45, 7) is 3.62. The van der Waals surface area contributed by atoms with Crippen LogP contribution >= 0.6 is 0 Å². The van der Waals surface area contributed by atoms with Crippen LogP contribution in [0.1, 0.15) is 6.92 Å². The first-order valence-corrected chi connectivity index (χ1v) is 12.2. The summed E-state index contributed by atoms with van der Waals surface area (Å²) in [5, 5.41) is 6.68. The van der Waals surface area contributed by atoms with Crippen LogP contribution in [0, 0.1) is 0 Å². The summed E-state index contributed by atoms with van der Waals surface area (Å²) in [4.78, 5) is 29.6. The molecule has 0 unspecified atom stereocenters. The number of nitrogens with zero attached hydrogens (tertiary/aromatic N) is 2. The second kappa shape index (κ2) is 10.8. The van der Waals surface area contributed by atoms with Crippen LogP contribution in [-0.4, -0.2) is 42.3 Å². The fourth-order valence-corrected chi connectivity index (χ4v) is 4.36. The smallest absolute Gasteiger partial charge is 0.348 e. The summed E-state index contributed by atoms with van der Waals surface area (Å²) in [6, 6.07) is 23.3. The molecule has 37 heavy (non-hydrogen) atoms. The topological polar surface area (TPSA) is 98.4 Å². The number of nitrogens with one attached hydrogen (secondary N) is 2. The molecule has 8 heteroatoms. The van der Waals surface area contributed by atoms with Gasteiger partial charge in [-0.3, -0.25) is 9.36 Å². The minimum absolute atomic E-state index is 0.123. The van der Waals surface area contributed by atoms with E-state index in [2.05, 4.69) is 15.6 Å². The molecular weight excluding hydrogens is 468 g/mol. The van der Waals surface area contributed by atoms with Gasteiger partial charge in [-0.05, 0) is 41.9 Å². The zero-order chi connectivity index (χ0) is 25.8. The van der Waals surface area contributed by atoms with Gasteiger partial charge in [-0.1, -0.05) is 55.5 Å². The second-order valence-corrected chi connectivity index (χ2v) is 8.65. The van der Waals surface area contributed by atoms with Gasteiger partial charge >= 0.3 is 5.69 Å².